The summed E-state index contributed by atoms with van der Waals surface area (Å²) in [5, 5.41) is 1.58. The number of esters is 7. The first-order valence-corrected chi connectivity index (χ1v) is 29.4. The van der Waals surface area contributed by atoms with Gasteiger partial charge in [0.1, 0.15) is 48.5 Å². The van der Waals surface area contributed by atoms with Gasteiger partial charge >= 0.3 is 41.8 Å². The molecule has 3 aromatic carbocycles. The molecular formula is C59H64N6O25S. The summed E-state index contributed by atoms with van der Waals surface area (Å²) in [4.78, 5) is 175. The summed E-state index contributed by atoms with van der Waals surface area (Å²) >= 11 is 1.13. The molecule has 0 aliphatic carbocycles. The molecule has 3 N–H and O–H groups in total. The van der Waals surface area contributed by atoms with Gasteiger partial charge in [-0.05, 0) is 36.4 Å². The number of carbonyl (C=O) groups excluding carboxylic acids is 13. The van der Waals surface area contributed by atoms with Gasteiger partial charge in [-0.25, -0.2) is 31.3 Å². The SMILES string of the molecule is CC(=O)OC[C@H]1O[C@@H](OC[C@H]2O[C@@H](OC[C@H]3O[C@@H](SC(C)C)[C@H](NN4C(=O)c5ccccc5C4=O)[C@@H](OC(C)=O)[C@@H]3OC(C)=O)[C@H](NN3C(=O)c4ccccc4C3=O)[C@@H](OC(C)=O)[C@@H]2OC(C)=O)[C@H](NN2C(=O)c3ccccc3C2=O)[C@@H](OC(C)=O)[C@@H]1OC(C)=O. The number of fused-ring (bicyclic) bond motifs is 3. The van der Waals surface area contributed by atoms with Crippen molar-refractivity contribution >= 4 is 89.0 Å². The standard InChI is InChI=1S/C59H64N6O25S/c1-25(2)91-59-44(62-65-55(77)37-20-14-15-21-38(37)56(65)78)50(87-32(9)72)47(84-29(6)69)41(90-59)24-81-58-43(61-64-53(75)35-18-12-13-19-36(35)54(64)76)49(86-31(8)71)46(83-28(5)68)40(89-58)23-80-57-42(60-63-51(73)33-16-10-11-17-34(33)52(63)74)48(85-30(7)70)45(82-27(4)67)39(88-57)22-79-26(3)66/h10-21,25,39-50,57-62H,22-24H2,1-9H3/t39-,40-,41-,42-,43-,44-,45-,46-,47-,48-,49-,50-,57-,58-,59+/m1/s1. The van der Waals surface area contributed by atoms with Crippen molar-refractivity contribution in [2.75, 3.05) is 19.8 Å². The number of imide groups is 3. The summed E-state index contributed by atoms with van der Waals surface area (Å²) < 4.78 is 72.9. The molecule has 6 aliphatic rings. The third kappa shape index (κ3) is 14.6. The van der Waals surface area contributed by atoms with Gasteiger partial charge in [-0.1, -0.05) is 50.2 Å². The summed E-state index contributed by atoms with van der Waals surface area (Å²) in [6.45, 7) is 8.36. The molecular weight excluding hydrogens is 1220 g/mol. The van der Waals surface area contributed by atoms with Crippen molar-refractivity contribution in [1.29, 1.82) is 0 Å². The Bertz CT molecular complexity index is 3320. The number of thioether (sulfide) groups is 1. The second-order valence-electron chi connectivity index (χ2n) is 21.7. The molecule has 0 radical (unpaired) electrons. The Morgan fingerprint density at radius 3 is 0.945 bits per heavy atom. The van der Waals surface area contributed by atoms with Crippen LogP contribution in [0.5, 0.6) is 0 Å². The monoisotopic (exact) mass is 1290 g/mol. The van der Waals surface area contributed by atoms with Crippen molar-refractivity contribution in [3.8, 4) is 0 Å². The van der Waals surface area contributed by atoms with Gasteiger partial charge in [0, 0.05) is 53.7 Å². The number of carbonyl (C=O) groups is 13. The predicted octanol–water partition coefficient (Wildman–Crippen LogP) is 0.997. The summed E-state index contributed by atoms with van der Waals surface area (Å²) in [6.07, 6.45) is -19.2. The molecule has 0 unspecified atom stereocenters. The molecule has 32 heteroatoms. The zero-order chi connectivity index (χ0) is 65.9. The Kier molecular flexibility index (Phi) is 20.8. The summed E-state index contributed by atoms with van der Waals surface area (Å²) in [5.74, 6) is -11.8. The van der Waals surface area contributed by atoms with Gasteiger partial charge in [-0.15, -0.1) is 11.8 Å². The van der Waals surface area contributed by atoms with Crippen LogP contribution in [-0.2, 0) is 90.4 Å². The smallest absolute Gasteiger partial charge is 0.303 e. The number of hydrogen-bond donors (Lipinski definition) is 3. The van der Waals surface area contributed by atoms with E-state index in [4.69, 9.17) is 56.8 Å². The average Bonchev–Trinajstić information content (AvgIpc) is 1.77. The first-order chi connectivity index (χ1) is 43.2. The van der Waals surface area contributed by atoms with Gasteiger partial charge in [0.05, 0.1) is 46.6 Å². The lowest BCUT2D eigenvalue weighted by Crippen LogP contribution is -2.70. The van der Waals surface area contributed by atoms with Gasteiger partial charge in [-0.2, -0.15) is 0 Å². The number of benzene rings is 3. The Labute approximate surface area is 522 Å². The van der Waals surface area contributed by atoms with Crippen LogP contribution in [0.15, 0.2) is 72.8 Å². The number of rotatable bonds is 22. The summed E-state index contributed by atoms with van der Waals surface area (Å²) in [7, 11) is 0. The molecule has 15 atom stereocenters. The molecule has 9 rings (SSSR count). The number of nitrogens with one attached hydrogen (secondary N) is 3. The van der Waals surface area contributed by atoms with Crippen LogP contribution in [0, 0.1) is 0 Å². The largest absolute Gasteiger partial charge is 0.463 e. The minimum absolute atomic E-state index is 0.0407. The van der Waals surface area contributed by atoms with Crippen LogP contribution in [0.25, 0.3) is 0 Å². The Morgan fingerprint density at radius 1 is 0.396 bits per heavy atom. The van der Waals surface area contributed by atoms with Gasteiger partial charge in [0.25, 0.3) is 35.4 Å². The molecule has 3 aromatic rings. The normalized spacial score (nSPS) is 28.5. The number of ether oxygens (including phenoxy) is 12. The number of hydrazine groups is 3. The van der Waals surface area contributed by atoms with E-state index in [1.807, 2.05) is 0 Å². The third-order valence-corrected chi connectivity index (χ3v) is 15.9. The zero-order valence-corrected chi connectivity index (χ0v) is 51.1. The fourth-order valence-corrected chi connectivity index (χ4v) is 12.3. The van der Waals surface area contributed by atoms with E-state index in [9.17, 15) is 62.3 Å². The lowest BCUT2D eigenvalue weighted by molar-refractivity contribution is -0.315. The third-order valence-electron chi connectivity index (χ3n) is 14.7. The fourth-order valence-electron chi connectivity index (χ4n) is 11.1. The van der Waals surface area contributed by atoms with Crippen LogP contribution < -0.4 is 16.3 Å². The van der Waals surface area contributed by atoms with E-state index in [1.54, 1.807) is 26.0 Å². The highest BCUT2D eigenvalue weighted by Crippen LogP contribution is 2.38. The molecule has 0 spiro atoms. The number of amides is 6. The van der Waals surface area contributed by atoms with Crippen molar-refractivity contribution < 1.29 is 119 Å². The summed E-state index contributed by atoms with van der Waals surface area (Å²) in [5.41, 5.74) is 7.10. The van der Waals surface area contributed by atoms with Gasteiger partial charge < -0.3 is 56.8 Å². The quantitative estimate of drug-likeness (QED) is 0.0717. The van der Waals surface area contributed by atoms with Crippen molar-refractivity contribution in [1.82, 2.24) is 31.3 Å². The second kappa shape index (κ2) is 28.3. The Morgan fingerprint density at radius 2 is 0.659 bits per heavy atom. The van der Waals surface area contributed by atoms with Crippen molar-refractivity contribution in [2.24, 2.45) is 0 Å². The van der Waals surface area contributed by atoms with E-state index >= 15 is 0 Å². The molecule has 0 aromatic heterocycles. The molecule has 3 fully saturated rings. The first kappa shape index (κ1) is 66.8. The highest BCUT2D eigenvalue weighted by molar-refractivity contribution is 8.00. The van der Waals surface area contributed by atoms with Crippen LogP contribution in [0.4, 0.5) is 0 Å². The zero-order valence-electron chi connectivity index (χ0n) is 50.2. The molecule has 6 heterocycles. The van der Waals surface area contributed by atoms with E-state index < -0.39 is 188 Å². The van der Waals surface area contributed by atoms with E-state index in [0.29, 0.717) is 10.0 Å². The van der Waals surface area contributed by atoms with E-state index in [0.717, 1.165) is 65.2 Å². The second-order valence-corrected chi connectivity index (χ2v) is 23.3. The van der Waals surface area contributed by atoms with Crippen molar-refractivity contribution in [3.63, 3.8) is 0 Å². The number of nitrogens with zero attached hydrogens (tertiary/aromatic N) is 3. The van der Waals surface area contributed by atoms with Crippen LogP contribution >= 0.6 is 11.8 Å². The van der Waals surface area contributed by atoms with Gasteiger partial charge in [0.2, 0.25) is 0 Å². The molecule has 31 nitrogen and oxygen atoms in total. The van der Waals surface area contributed by atoms with E-state index in [2.05, 4.69) is 16.3 Å². The van der Waals surface area contributed by atoms with E-state index in [-0.39, 0.29) is 38.6 Å². The van der Waals surface area contributed by atoms with Crippen LogP contribution in [-0.4, -0.2) is 208 Å². The molecule has 91 heavy (non-hydrogen) atoms. The molecule has 6 aliphatic heterocycles. The lowest BCUT2D eigenvalue weighted by Gasteiger charge is -2.49. The first-order valence-electron chi connectivity index (χ1n) is 28.5. The molecule has 6 amide bonds. The Balaban J connectivity index is 1.11. The van der Waals surface area contributed by atoms with Gasteiger partial charge in [0.15, 0.2) is 49.2 Å². The van der Waals surface area contributed by atoms with Crippen LogP contribution in [0.2, 0.25) is 0 Å². The van der Waals surface area contributed by atoms with Crippen molar-refractivity contribution in [3.05, 3.63) is 106 Å². The molecule has 0 bridgehead atoms. The minimum Gasteiger partial charge on any atom is -0.463 e. The minimum atomic E-state index is -1.97. The maximum atomic E-state index is 14.2. The maximum absolute atomic E-state index is 14.2. The molecule has 486 valence electrons. The molecule has 3 saturated heterocycles. The lowest BCUT2D eigenvalue weighted by atomic mass is 9.95. The predicted molar refractivity (Wildman–Crippen MR) is 302 cm³/mol. The molecule has 0 saturated carbocycles. The highest BCUT2D eigenvalue weighted by atomic mass is 32.2. The highest BCUT2D eigenvalue weighted by Gasteiger charge is 2.58. The average molecular weight is 1290 g/mol. The van der Waals surface area contributed by atoms with Crippen LogP contribution in [0.3, 0.4) is 0 Å². The Hall–Kier alpha value is -8.60. The topological polar surface area (TPSA) is 378 Å². The van der Waals surface area contributed by atoms with Gasteiger partial charge in [-0.3, -0.25) is 62.3 Å². The van der Waals surface area contributed by atoms with Crippen molar-refractivity contribution in [2.45, 2.75) is 159 Å². The van der Waals surface area contributed by atoms with E-state index in [1.165, 1.54) is 60.7 Å². The number of hydrogen-bond acceptors (Lipinski definition) is 29. The maximum Gasteiger partial charge on any atom is 0.303 e. The fraction of sp³-hybridized carbons (Fsp3) is 0.475. The van der Waals surface area contributed by atoms with Crippen LogP contribution in [0.1, 0.15) is 124 Å². The summed E-state index contributed by atoms with van der Waals surface area (Å²) in [6, 6.07) is 12.6.